The van der Waals surface area contributed by atoms with E-state index in [1.165, 1.54) is 33.9 Å². The third kappa shape index (κ3) is 4.62. The maximum absolute atomic E-state index is 15.6. The number of aromatic nitrogens is 8. The summed E-state index contributed by atoms with van der Waals surface area (Å²) in [5.74, 6) is -1.73. The largest absolute Gasteiger partial charge is 0.346 e. The molecule has 5 aromatic rings. The predicted octanol–water partition coefficient (Wildman–Crippen LogP) is 4.15. The van der Waals surface area contributed by atoms with Gasteiger partial charge in [0.2, 0.25) is 0 Å². The molecular formula is C25H24F3N9O. The number of fused-ring (bicyclic) bond motifs is 1. The molecule has 4 heterocycles. The zero-order chi connectivity index (χ0) is 27.2. The normalized spacial score (nSPS) is 12.0. The minimum Gasteiger partial charge on any atom is -0.346 e. The summed E-state index contributed by atoms with van der Waals surface area (Å²) >= 11 is 0. The molecule has 1 amide bonds. The molecule has 0 saturated heterocycles. The maximum Gasteiger partial charge on any atom is 0.273 e. The number of alkyl halides is 2. The lowest BCUT2D eigenvalue weighted by Gasteiger charge is -2.17. The number of hydrogen-bond donors (Lipinski definition) is 1. The standard InChI is InChI=1S/C25H24F3N9O/c1-25(2,3)37-12-18(33-34-37)24(38)29-8-14-5-6-17(21(26)20(14)23(27)28)22-19-7-15(11-36(19)32-13-30-22)16-9-31-35(4)10-16/h5-7,9-13,23H,8H2,1-4H3,(H,29,38). The second-order valence-corrected chi connectivity index (χ2v) is 9.77. The van der Waals surface area contributed by atoms with Crippen molar-refractivity contribution in [2.45, 2.75) is 39.3 Å². The van der Waals surface area contributed by atoms with Crippen molar-refractivity contribution >= 4 is 11.4 Å². The van der Waals surface area contributed by atoms with Crippen LogP contribution in [0.3, 0.4) is 0 Å². The smallest absolute Gasteiger partial charge is 0.273 e. The molecule has 38 heavy (non-hydrogen) atoms. The number of aryl methyl sites for hydroxylation is 1. The Hall–Kier alpha value is -4.55. The second-order valence-electron chi connectivity index (χ2n) is 9.77. The van der Waals surface area contributed by atoms with E-state index in [4.69, 9.17) is 0 Å². The Morgan fingerprint density at radius 1 is 1.11 bits per heavy atom. The zero-order valence-electron chi connectivity index (χ0n) is 21.0. The average Bonchev–Trinajstić information content (AvgIpc) is 3.60. The Balaban J connectivity index is 1.46. The Bertz CT molecular complexity index is 1650. The number of rotatable bonds is 6. The molecule has 0 bridgehead atoms. The zero-order valence-corrected chi connectivity index (χ0v) is 21.0. The van der Waals surface area contributed by atoms with Gasteiger partial charge in [0.25, 0.3) is 12.3 Å². The van der Waals surface area contributed by atoms with Gasteiger partial charge in [-0.25, -0.2) is 27.4 Å². The number of benzene rings is 1. The lowest BCUT2D eigenvalue weighted by molar-refractivity contribution is 0.0943. The monoisotopic (exact) mass is 523 g/mol. The number of amides is 1. The first kappa shape index (κ1) is 25.1. The van der Waals surface area contributed by atoms with Gasteiger partial charge in [0, 0.05) is 42.7 Å². The highest BCUT2D eigenvalue weighted by Gasteiger charge is 2.25. The van der Waals surface area contributed by atoms with Crippen LogP contribution in [-0.4, -0.2) is 45.3 Å². The summed E-state index contributed by atoms with van der Waals surface area (Å²) in [5.41, 5.74) is 0.828. The molecule has 196 valence electrons. The molecule has 0 fully saturated rings. The van der Waals surface area contributed by atoms with E-state index in [2.05, 4.69) is 30.8 Å². The van der Waals surface area contributed by atoms with Crippen molar-refractivity contribution in [2.75, 3.05) is 0 Å². The number of carbonyl (C=O) groups excluding carboxylic acids is 1. The molecule has 4 aromatic heterocycles. The molecule has 0 spiro atoms. The highest BCUT2D eigenvalue weighted by Crippen LogP contribution is 2.35. The van der Waals surface area contributed by atoms with Gasteiger partial charge in [-0.3, -0.25) is 9.48 Å². The van der Waals surface area contributed by atoms with Crippen molar-refractivity contribution in [3.8, 4) is 22.4 Å². The lowest BCUT2D eigenvalue weighted by atomic mass is 10.00. The molecule has 0 unspecified atom stereocenters. The Morgan fingerprint density at radius 3 is 2.55 bits per heavy atom. The molecule has 0 aliphatic carbocycles. The fraction of sp³-hybridized carbons (Fsp3) is 0.280. The Labute approximate surface area is 215 Å². The maximum atomic E-state index is 15.6. The summed E-state index contributed by atoms with van der Waals surface area (Å²) < 4.78 is 48.4. The molecule has 0 radical (unpaired) electrons. The van der Waals surface area contributed by atoms with Crippen LogP contribution in [0.2, 0.25) is 0 Å². The third-order valence-corrected chi connectivity index (χ3v) is 6.04. The highest BCUT2D eigenvalue weighted by molar-refractivity contribution is 5.91. The highest BCUT2D eigenvalue weighted by atomic mass is 19.3. The molecule has 5 rings (SSSR count). The molecule has 0 aliphatic heterocycles. The molecule has 0 saturated carbocycles. The molecule has 0 atom stereocenters. The summed E-state index contributed by atoms with van der Waals surface area (Å²) in [5, 5.41) is 18.6. The number of nitrogens with one attached hydrogen (secondary N) is 1. The first-order valence-electron chi connectivity index (χ1n) is 11.7. The van der Waals surface area contributed by atoms with Crippen molar-refractivity contribution in [2.24, 2.45) is 7.05 Å². The Morgan fingerprint density at radius 2 is 1.89 bits per heavy atom. The van der Waals surface area contributed by atoms with Crippen LogP contribution in [-0.2, 0) is 19.1 Å². The summed E-state index contributed by atoms with van der Waals surface area (Å²) in [7, 11) is 1.78. The predicted molar refractivity (Wildman–Crippen MR) is 132 cm³/mol. The van der Waals surface area contributed by atoms with Crippen LogP contribution in [0.25, 0.3) is 27.9 Å². The van der Waals surface area contributed by atoms with Crippen LogP contribution in [0.5, 0.6) is 0 Å². The summed E-state index contributed by atoms with van der Waals surface area (Å²) in [6.07, 6.45) is 4.77. The minimum atomic E-state index is -3.13. The minimum absolute atomic E-state index is 0.0247. The van der Waals surface area contributed by atoms with Gasteiger partial charge in [0.05, 0.1) is 29.0 Å². The number of carbonyl (C=O) groups is 1. The Kier molecular flexibility index (Phi) is 6.21. The second kappa shape index (κ2) is 9.39. The van der Waals surface area contributed by atoms with Gasteiger partial charge in [0.15, 0.2) is 5.69 Å². The van der Waals surface area contributed by atoms with Gasteiger partial charge in [-0.15, -0.1) is 5.10 Å². The summed E-state index contributed by atoms with van der Waals surface area (Å²) in [4.78, 5) is 16.7. The van der Waals surface area contributed by atoms with Crippen LogP contribution in [0, 0.1) is 5.82 Å². The van der Waals surface area contributed by atoms with Crippen molar-refractivity contribution < 1.29 is 18.0 Å². The first-order valence-corrected chi connectivity index (χ1v) is 11.7. The quantitative estimate of drug-likeness (QED) is 0.358. The van der Waals surface area contributed by atoms with Crippen LogP contribution < -0.4 is 5.32 Å². The fourth-order valence-electron chi connectivity index (χ4n) is 4.03. The van der Waals surface area contributed by atoms with E-state index in [1.54, 1.807) is 30.2 Å². The molecule has 10 nitrogen and oxygen atoms in total. The SMILES string of the molecule is Cn1cc(-c2cc3c(-c4ccc(CNC(=O)c5cn(C(C)(C)C)nn5)c(C(F)F)c4F)ncnn3c2)cn1. The van der Waals surface area contributed by atoms with Gasteiger partial charge in [-0.1, -0.05) is 11.3 Å². The van der Waals surface area contributed by atoms with E-state index in [0.29, 0.717) is 5.52 Å². The first-order chi connectivity index (χ1) is 18.0. The van der Waals surface area contributed by atoms with Crippen molar-refractivity contribution in [1.29, 1.82) is 0 Å². The fourth-order valence-corrected chi connectivity index (χ4v) is 4.03. The number of hydrogen-bond acceptors (Lipinski definition) is 6. The molecule has 13 heteroatoms. The van der Waals surface area contributed by atoms with Gasteiger partial charge < -0.3 is 5.32 Å². The lowest BCUT2D eigenvalue weighted by Crippen LogP contribution is -2.25. The van der Waals surface area contributed by atoms with E-state index in [-0.39, 0.29) is 29.1 Å². The van der Waals surface area contributed by atoms with Gasteiger partial charge in [0.1, 0.15) is 17.8 Å². The summed E-state index contributed by atoms with van der Waals surface area (Å²) in [6.45, 7) is 5.35. The van der Waals surface area contributed by atoms with E-state index in [1.807, 2.05) is 27.0 Å². The van der Waals surface area contributed by atoms with Gasteiger partial charge in [-0.05, 0) is 38.5 Å². The van der Waals surface area contributed by atoms with Crippen molar-refractivity contribution in [3.05, 3.63) is 72.0 Å². The third-order valence-electron chi connectivity index (χ3n) is 6.04. The average molecular weight is 524 g/mol. The van der Waals surface area contributed by atoms with E-state index >= 15 is 4.39 Å². The molecule has 1 aromatic carbocycles. The van der Waals surface area contributed by atoms with Crippen molar-refractivity contribution in [1.82, 2.24) is 44.7 Å². The van der Waals surface area contributed by atoms with Crippen LogP contribution in [0.4, 0.5) is 13.2 Å². The number of nitrogens with zero attached hydrogens (tertiary/aromatic N) is 8. The van der Waals surface area contributed by atoms with Gasteiger partial charge >= 0.3 is 0 Å². The van der Waals surface area contributed by atoms with E-state index in [9.17, 15) is 13.6 Å². The van der Waals surface area contributed by atoms with E-state index < -0.39 is 29.3 Å². The molecule has 0 aliphatic rings. The van der Waals surface area contributed by atoms with Crippen LogP contribution >= 0.6 is 0 Å². The number of halogens is 3. The van der Waals surface area contributed by atoms with E-state index in [0.717, 1.165) is 11.1 Å². The van der Waals surface area contributed by atoms with Crippen LogP contribution in [0.15, 0.2) is 49.3 Å². The van der Waals surface area contributed by atoms with Gasteiger partial charge in [-0.2, -0.15) is 10.2 Å². The topological polar surface area (TPSA) is 108 Å². The van der Waals surface area contributed by atoms with Crippen molar-refractivity contribution in [3.63, 3.8) is 0 Å². The molecular weight excluding hydrogens is 499 g/mol. The molecule has 1 N–H and O–H groups in total. The summed E-state index contributed by atoms with van der Waals surface area (Å²) in [6, 6.07) is 4.47. The van der Waals surface area contributed by atoms with Crippen LogP contribution in [0.1, 0.15) is 48.8 Å².